The fourth-order valence-electron chi connectivity index (χ4n) is 2.05. The van der Waals surface area contributed by atoms with Gasteiger partial charge in [0.15, 0.2) is 0 Å². The zero-order chi connectivity index (χ0) is 13.3. The average molecular weight is 270 g/mol. The summed E-state index contributed by atoms with van der Waals surface area (Å²) >= 11 is 6.00. The van der Waals surface area contributed by atoms with Crippen molar-refractivity contribution in [1.29, 1.82) is 0 Å². The highest BCUT2D eigenvalue weighted by Gasteiger charge is 2.36. The SMILES string of the molecule is CCCN1C(=O)N=C(N)C1c1c(F)cccc1Cl. The van der Waals surface area contributed by atoms with Crippen molar-refractivity contribution in [1.82, 2.24) is 4.90 Å². The van der Waals surface area contributed by atoms with E-state index in [1.54, 1.807) is 6.07 Å². The number of nitrogens with two attached hydrogens (primary N) is 1. The molecule has 2 amide bonds. The number of benzene rings is 1. The van der Waals surface area contributed by atoms with Crippen LogP contribution in [0.25, 0.3) is 0 Å². The van der Waals surface area contributed by atoms with Crippen LogP contribution in [0.3, 0.4) is 0 Å². The third-order valence-corrected chi connectivity index (χ3v) is 3.13. The van der Waals surface area contributed by atoms with Crippen LogP contribution in [0.2, 0.25) is 5.02 Å². The first-order chi connectivity index (χ1) is 8.56. The number of nitrogens with zero attached hydrogens (tertiary/aromatic N) is 2. The van der Waals surface area contributed by atoms with Gasteiger partial charge in [-0.3, -0.25) is 0 Å². The minimum atomic E-state index is -0.703. The van der Waals surface area contributed by atoms with Gasteiger partial charge in [0.1, 0.15) is 17.7 Å². The van der Waals surface area contributed by atoms with Gasteiger partial charge in [-0.1, -0.05) is 24.6 Å². The lowest BCUT2D eigenvalue weighted by molar-refractivity contribution is 0.206. The Morgan fingerprint density at radius 2 is 2.28 bits per heavy atom. The molecule has 1 unspecified atom stereocenters. The normalized spacial score (nSPS) is 19.3. The molecular formula is C12H13ClFN3O. The molecular weight excluding hydrogens is 257 g/mol. The second-order valence-corrected chi connectivity index (χ2v) is 4.46. The van der Waals surface area contributed by atoms with Gasteiger partial charge in [-0.15, -0.1) is 0 Å². The summed E-state index contributed by atoms with van der Waals surface area (Å²) in [6, 6.07) is 3.22. The van der Waals surface area contributed by atoms with E-state index in [0.717, 1.165) is 6.42 Å². The number of amides is 2. The van der Waals surface area contributed by atoms with Crippen LogP contribution >= 0.6 is 11.6 Å². The highest BCUT2D eigenvalue weighted by Crippen LogP contribution is 2.33. The number of rotatable bonds is 3. The quantitative estimate of drug-likeness (QED) is 0.917. The van der Waals surface area contributed by atoms with Crippen LogP contribution in [-0.2, 0) is 0 Å². The number of hydrogen-bond acceptors (Lipinski definition) is 2. The molecule has 0 aromatic heterocycles. The lowest BCUT2D eigenvalue weighted by atomic mass is 10.0. The molecule has 0 spiro atoms. The Kier molecular flexibility index (Phi) is 3.52. The van der Waals surface area contributed by atoms with Gasteiger partial charge in [0.2, 0.25) is 0 Å². The fraction of sp³-hybridized carbons (Fsp3) is 0.333. The van der Waals surface area contributed by atoms with Gasteiger partial charge in [-0.2, -0.15) is 4.99 Å². The van der Waals surface area contributed by atoms with Gasteiger partial charge in [0, 0.05) is 17.1 Å². The first kappa shape index (κ1) is 12.8. The molecule has 0 fully saturated rings. The Morgan fingerprint density at radius 3 is 2.89 bits per heavy atom. The first-order valence-corrected chi connectivity index (χ1v) is 6.02. The summed E-state index contributed by atoms with van der Waals surface area (Å²) in [6.45, 7) is 2.38. The summed E-state index contributed by atoms with van der Waals surface area (Å²) in [6.07, 6.45) is 0.733. The van der Waals surface area contributed by atoms with E-state index in [-0.39, 0.29) is 16.4 Å². The molecule has 4 nitrogen and oxygen atoms in total. The van der Waals surface area contributed by atoms with Gasteiger partial charge < -0.3 is 10.6 Å². The molecule has 96 valence electrons. The van der Waals surface area contributed by atoms with Crippen LogP contribution < -0.4 is 5.73 Å². The van der Waals surface area contributed by atoms with Crippen molar-refractivity contribution in [2.24, 2.45) is 10.7 Å². The number of aliphatic imine (C=N–C) groups is 1. The van der Waals surface area contributed by atoms with Crippen molar-refractivity contribution >= 4 is 23.5 Å². The summed E-state index contributed by atoms with van der Waals surface area (Å²) in [7, 11) is 0. The van der Waals surface area contributed by atoms with Gasteiger partial charge in [0.25, 0.3) is 0 Å². The highest BCUT2D eigenvalue weighted by atomic mass is 35.5. The number of hydrogen-bond donors (Lipinski definition) is 1. The lowest BCUT2D eigenvalue weighted by Crippen LogP contribution is -2.34. The van der Waals surface area contributed by atoms with Gasteiger partial charge in [-0.05, 0) is 18.6 Å². The Bertz CT molecular complexity index is 498. The third-order valence-electron chi connectivity index (χ3n) is 2.80. The molecule has 0 aliphatic carbocycles. The second kappa shape index (κ2) is 4.94. The monoisotopic (exact) mass is 269 g/mol. The van der Waals surface area contributed by atoms with E-state index in [4.69, 9.17) is 17.3 Å². The van der Waals surface area contributed by atoms with E-state index in [2.05, 4.69) is 4.99 Å². The fourth-order valence-corrected chi connectivity index (χ4v) is 2.31. The van der Waals surface area contributed by atoms with Crippen molar-refractivity contribution in [3.05, 3.63) is 34.6 Å². The van der Waals surface area contributed by atoms with Gasteiger partial charge >= 0.3 is 6.03 Å². The molecule has 1 aliphatic heterocycles. The van der Waals surface area contributed by atoms with E-state index in [9.17, 15) is 9.18 Å². The molecule has 2 N–H and O–H groups in total. The third kappa shape index (κ3) is 2.06. The molecule has 0 radical (unpaired) electrons. The molecule has 0 bridgehead atoms. The Morgan fingerprint density at radius 1 is 1.56 bits per heavy atom. The molecule has 0 saturated carbocycles. The molecule has 6 heteroatoms. The van der Waals surface area contributed by atoms with Crippen molar-refractivity contribution in [2.75, 3.05) is 6.54 Å². The smallest absolute Gasteiger partial charge is 0.346 e. The van der Waals surface area contributed by atoms with E-state index >= 15 is 0 Å². The van der Waals surface area contributed by atoms with Crippen LogP contribution in [0.4, 0.5) is 9.18 Å². The van der Waals surface area contributed by atoms with E-state index in [1.165, 1.54) is 17.0 Å². The largest absolute Gasteiger partial charge is 0.385 e. The minimum absolute atomic E-state index is 0.0837. The lowest BCUT2D eigenvalue weighted by Gasteiger charge is -2.25. The number of amidine groups is 1. The van der Waals surface area contributed by atoms with Crippen molar-refractivity contribution < 1.29 is 9.18 Å². The van der Waals surface area contributed by atoms with Gasteiger partial charge in [-0.25, -0.2) is 9.18 Å². The summed E-state index contributed by atoms with van der Waals surface area (Å²) in [4.78, 5) is 16.8. The summed E-state index contributed by atoms with van der Waals surface area (Å²) in [5.74, 6) is -0.401. The molecule has 1 aromatic carbocycles. The molecule has 18 heavy (non-hydrogen) atoms. The maximum Gasteiger partial charge on any atom is 0.346 e. The van der Waals surface area contributed by atoms with E-state index < -0.39 is 17.9 Å². The van der Waals surface area contributed by atoms with Gasteiger partial charge in [0.05, 0.1) is 0 Å². The zero-order valence-corrected chi connectivity index (χ0v) is 10.6. The summed E-state index contributed by atoms with van der Waals surface area (Å²) in [5.41, 5.74) is 5.93. The van der Waals surface area contributed by atoms with E-state index in [0.29, 0.717) is 6.54 Å². The van der Waals surface area contributed by atoms with Crippen LogP contribution in [0.15, 0.2) is 23.2 Å². The number of carbonyl (C=O) groups is 1. The standard InChI is InChI=1S/C12H13ClFN3O/c1-2-6-17-10(11(15)16-12(17)18)9-7(13)4-3-5-8(9)14/h3-5,10H,2,6H2,1H3,(H2,15,16,18). The molecule has 1 aromatic rings. The molecule has 1 heterocycles. The molecule has 1 aliphatic rings. The van der Waals surface area contributed by atoms with Crippen molar-refractivity contribution in [3.63, 3.8) is 0 Å². The van der Waals surface area contributed by atoms with Crippen LogP contribution in [-0.4, -0.2) is 23.3 Å². The van der Waals surface area contributed by atoms with Crippen LogP contribution in [0.5, 0.6) is 0 Å². The Balaban J connectivity index is 2.48. The Hall–Kier alpha value is -1.62. The average Bonchev–Trinajstić information content (AvgIpc) is 2.56. The van der Waals surface area contributed by atoms with Crippen LogP contribution in [0.1, 0.15) is 24.9 Å². The predicted octanol–water partition coefficient (Wildman–Crippen LogP) is 2.72. The Labute approximate surface area is 109 Å². The van der Waals surface area contributed by atoms with E-state index in [1.807, 2.05) is 6.92 Å². The molecule has 2 rings (SSSR count). The minimum Gasteiger partial charge on any atom is -0.385 e. The van der Waals surface area contributed by atoms with Crippen LogP contribution in [0, 0.1) is 5.82 Å². The number of halogens is 2. The van der Waals surface area contributed by atoms with Crippen molar-refractivity contribution in [2.45, 2.75) is 19.4 Å². The topological polar surface area (TPSA) is 58.7 Å². The number of carbonyl (C=O) groups excluding carboxylic acids is 1. The maximum absolute atomic E-state index is 13.9. The zero-order valence-electron chi connectivity index (χ0n) is 9.86. The first-order valence-electron chi connectivity index (χ1n) is 5.64. The van der Waals surface area contributed by atoms with Crippen molar-refractivity contribution in [3.8, 4) is 0 Å². The maximum atomic E-state index is 13.9. The summed E-state index contributed by atoms with van der Waals surface area (Å²) in [5, 5.41) is 0.244. The molecule has 0 saturated heterocycles. The molecule has 1 atom stereocenters. The highest BCUT2D eigenvalue weighted by molar-refractivity contribution is 6.31. The number of urea groups is 1. The summed E-state index contributed by atoms with van der Waals surface area (Å²) < 4.78 is 13.9. The second-order valence-electron chi connectivity index (χ2n) is 4.05. The predicted molar refractivity (Wildman–Crippen MR) is 68.2 cm³/mol.